The van der Waals surface area contributed by atoms with Gasteiger partial charge in [-0.25, -0.2) is 9.37 Å². The van der Waals surface area contributed by atoms with Gasteiger partial charge in [-0.05, 0) is 24.3 Å². The minimum absolute atomic E-state index is 0.0152. The smallest absolute Gasteiger partial charge is 0.417 e. The Bertz CT molecular complexity index is 937. The molecule has 0 saturated heterocycles. The number of alkyl halides is 3. The number of rotatable bonds is 6. The Morgan fingerprint density at radius 2 is 1.90 bits per heavy atom. The van der Waals surface area contributed by atoms with E-state index in [9.17, 15) is 31.9 Å². The van der Waals surface area contributed by atoms with Crippen LogP contribution in [-0.4, -0.2) is 35.9 Å². The molecule has 0 atom stereocenters. The van der Waals surface area contributed by atoms with E-state index in [1.54, 1.807) is 0 Å². The molecule has 1 aromatic heterocycles. The molecule has 29 heavy (non-hydrogen) atoms. The number of hydrogen-bond acceptors (Lipinski definition) is 5. The van der Waals surface area contributed by atoms with E-state index in [2.05, 4.69) is 20.4 Å². The van der Waals surface area contributed by atoms with Crippen LogP contribution in [0.5, 0.6) is 0 Å². The number of carbonyl (C=O) groups excluding carboxylic acids is 3. The third-order valence-corrected chi connectivity index (χ3v) is 3.56. The highest BCUT2D eigenvalue weighted by molar-refractivity contribution is 6.33. The van der Waals surface area contributed by atoms with Gasteiger partial charge in [-0.1, -0.05) is 17.7 Å². The molecule has 2 aromatic rings. The van der Waals surface area contributed by atoms with Gasteiger partial charge in [-0.2, -0.15) is 13.2 Å². The van der Waals surface area contributed by atoms with Crippen molar-refractivity contribution in [3.8, 4) is 0 Å². The molecule has 2 amide bonds. The molecular weight excluding hydrogens is 422 g/mol. The van der Waals surface area contributed by atoms with Crippen LogP contribution in [0.1, 0.15) is 15.9 Å². The molecule has 0 aliphatic carbocycles. The van der Waals surface area contributed by atoms with Crippen molar-refractivity contribution < 1.29 is 36.7 Å². The van der Waals surface area contributed by atoms with Crippen LogP contribution in [0.25, 0.3) is 0 Å². The van der Waals surface area contributed by atoms with Crippen LogP contribution in [0, 0.1) is 5.82 Å². The van der Waals surface area contributed by atoms with Crippen molar-refractivity contribution in [2.24, 2.45) is 0 Å². The standard InChI is InChI=1S/C17H12ClF4N3O4/c18-12-5-10(17(20,21)22)6-23-15(12)25-13(26)8-29-14(27)7-24-16(28)9-2-1-3-11(19)4-9/h1-6H,7-8H2,(H,24,28)(H,23,25,26). The first-order chi connectivity index (χ1) is 13.6. The molecule has 0 radical (unpaired) electrons. The van der Waals surface area contributed by atoms with Gasteiger partial charge >= 0.3 is 12.1 Å². The van der Waals surface area contributed by atoms with E-state index >= 15 is 0 Å². The fourth-order valence-corrected chi connectivity index (χ4v) is 2.15. The van der Waals surface area contributed by atoms with Crippen molar-refractivity contribution >= 4 is 35.2 Å². The van der Waals surface area contributed by atoms with Crippen LogP contribution in [0.4, 0.5) is 23.4 Å². The topological polar surface area (TPSA) is 97.4 Å². The summed E-state index contributed by atoms with van der Waals surface area (Å²) in [6, 6.07) is 5.33. The molecule has 1 heterocycles. The maximum atomic E-state index is 13.0. The molecule has 2 N–H and O–H groups in total. The monoisotopic (exact) mass is 433 g/mol. The maximum Gasteiger partial charge on any atom is 0.417 e. The second kappa shape index (κ2) is 9.32. The molecule has 154 valence electrons. The molecule has 12 heteroatoms. The Hall–Kier alpha value is -3.21. The summed E-state index contributed by atoms with van der Waals surface area (Å²) in [5, 5.41) is 3.81. The fourth-order valence-electron chi connectivity index (χ4n) is 1.93. The van der Waals surface area contributed by atoms with Crippen LogP contribution < -0.4 is 10.6 Å². The second-order valence-corrected chi connectivity index (χ2v) is 5.86. The zero-order valence-electron chi connectivity index (χ0n) is 14.3. The van der Waals surface area contributed by atoms with Crippen molar-refractivity contribution in [1.29, 1.82) is 0 Å². The summed E-state index contributed by atoms with van der Waals surface area (Å²) >= 11 is 5.64. The molecule has 0 saturated carbocycles. The number of pyridine rings is 1. The van der Waals surface area contributed by atoms with Gasteiger partial charge in [0.15, 0.2) is 12.4 Å². The maximum absolute atomic E-state index is 13.0. The first-order valence-electron chi connectivity index (χ1n) is 7.78. The molecule has 0 bridgehead atoms. The summed E-state index contributed by atoms with van der Waals surface area (Å²) in [6.07, 6.45) is -4.17. The molecule has 7 nitrogen and oxygen atoms in total. The van der Waals surface area contributed by atoms with Crippen LogP contribution in [0.2, 0.25) is 5.02 Å². The average molecular weight is 434 g/mol. The normalized spacial score (nSPS) is 10.9. The van der Waals surface area contributed by atoms with E-state index in [-0.39, 0.29) is 11.4 Å². The summed E-state index contributed by atoms with van der Waals surface area (Å²) in [4.78, 5) is 38.4. The number of benzene rings is 1. The van der Waals surface area contributed by atoms with Gasteiger partial charge in [-0.15, -0.1) is 0 Å². The van der Waals surface area contributed by atoms with Gasteiger partial charge in [0.05, 0.1) is 10.6 Å². The Morgan fingerprint density at radius 1 is 1.17 bits per heavy atom. The van der Waals surface area contributed by atoms with Crippen LogP contribution >= 0.6 is 11.6 Å². The highest BCUT2D eigenvalue weighted by Crippen LogP contribution is 2.32. The lowest BCUT2D eigenvalue weighted by Gasteiger charge is -2.10. The number of esters is 1. The number of nitrogens with zero attached hydrogens (tertiary/aromatic N) is 1. The van der Waals surface area contributed by atoms with Crippen molar-refractivity contribution in [2.45, 2.75) is 6.18 Å². The van der Waals surface area contributed by atoms with Gasteiger partial charge in [0.2, 0.25) is 0 Å². The largest absolute Gasteiger partial charge is 0.454 e. The zero-order valence-corrected chi connectivity index (χ0v) is 15.1. The number of hydrogen-bond donors (Lipinski definition) is 2. The first kappa shape index (κ1) is 22.1. The first-order valence-corrected chi connectivity index (χ1v) is 8.16. The highest BCUT2D eigenvalue weighted by atomic mass is 35.5. The summed E-state index contributed by atoms with van der Waals surface area (Å²) in [5.41, 5.74) is -1.11. The van der Waals surface area contributed by atoms with Gasteiger partial charge in [0.1, 0.15) is 12.4 Å². The number of halogens is 5. The predicted octanol–water partition coefficient (Wildman–Crippen LogP) is 2.80. The summed E-state index contributed by atoms with van der Waals surface area (Å²) in [6.45, 7) is -1.39. The lowest BCUT2D eigenvalue weighted by molar-refractivity contribution is -0.146. The Labute approximate surface area is 166 Å². The van der Waals surface area contributed by atoms with Gasteiger partial charge in [0, 0.05) is 11.8 Å². The second-order valence-electron chi connectivity index (χ2n) is 5.45. The SMILES string of the molecule is O=C(COC(=O)CNC(=O)c1cccc(F)c1)Nc1ncc(C(F)(F)F)cc1Cl. The van der Waals surface area contributed by atoms with E-state index in [1.165, 1.54) is 12.1 Å². The molecular formula is C17H12ClF4N3O4. The minimum Gasteiger partial charge on any atom is -0.454 e. The van der Waals surface area contributed by atoms with Crippen LogP contribution in [0.3, 0.4) is 0 Å². The Morgan fingerprint density at radius 3 is 2.52 bits per heavy atom. The lowest BCUT2D eigenvalue weighted by Crippen LogP contribution is -2.32. The molecule has 0 fully saturated rings. The van der Waals surface area contributed by atoms with E-state index in [4.69, 9.17) is 11.6 Å². The van der Waals surface area contributed by atoms with E-state index < -0.39 is 53.5 Å². The van der Waals surface area contributed by atoms with Crippen molar-refractivity contribution in [3.05, 3.63) is 58.5 Å². The molecule has 2 rings (SSSR count). The van der Waals surface area contributed by atoms with Crippen LogP contribution in [0.15, 0.2) is 36.5 Å². The van der Waals surface area contributed by atoms with E-state index in [1.807, 2.05) is 0 Å². The number of aromatic nitrogens is 1. The van der Waals surface area contributed by atoms with Gasteiger partial charge in [-0.3, -0.25) is 14.4 Å². The molecule has 0 aliphatic heterocycles. The van der Waals surface area contributed by atoms with Crippen molar-refractivity contribution in [2.75, 3.05) is 18.5 Å². The molecule has 1 aromatic carbocycles. The third kappa shape index (κ3) is 6.71. The number of anilines is 1. The number of ether oxygens (including phenoxy) is 1. The average Bonchev–Trinajstić information content (AvgIpc) is 2.65. The summed E-state index contributed by atoms with van der Waals surface area (Å²) in [7, 11) is 0. The van der Waals surface area contributed by atoms with E-state index in [0.717, 1.165) is 12.1 Å². The lowest BCUT2D eigenvalue weighted by atomic mass is 10.2. The molecule has 0 spiro atoms. The quantitative estimate of drug-likeness (QED) is 0.539. The summed E-state index contributed by atoms with van der Waals surface area (Å²) in [5.74, 6) is -3.60. The fraction of sp³-hybridized carbons (Fsp3) is 0.176. The van der Waals surface area contributed by atoms with Gasteiger partial charge < -0.3 is 15.4 Å². The zero-order chi connectivity index (χ0) is 21.6. The van der Waals surface area contributed by atoms with E-state index in [0.29, 0.717) is 12.3 Å². The van der Waals surface area contributed by atoms with Crippen LogP contribution in [-0.2, 0) is 20.5 Å². The molecule has 0 aliphatic rings. The highest BCUT2D eigenvalue weighted by Gasteiger charge is 2.31. The number of nitrogens with one attached hydrogen (secondary N) is 2. The number of amides is 2. The van der Waals surface area contributed by atoms with Crippen molar-refractivity contribution in [1.82, 2.24) is 10.3 Å². The van der Waals surface area contributed by atoms with Crippen molar-refractivity contribution in [3.63, 3.8) is 0 Å². The summed E-state index contributed by atoms with van der Waals surface area (Å²) < 4.78 is 55.3. The Balaban J connectivity index is 1.80. The van der Waals surface area contributed by atoms with Gasteiger partial charge in [0.25, 0.3) is 11.8 Å². The third-order valence-electron chi connectivity index (χ3n) is 3.27. The number of carbonyl (C=O) groups is 3. The predicted molar refractivity (Wildman–Crippen MR) is 92.6 cm³/mol. The minimum atomic E-state index is -4.65. The molecule has 0 unspecified atom stereocenters. The Kier molecular flexibility index (Phi) is 7.10.